The molecule has 3 unspecified atom stereocenters. The lowest BCUT2D eigenvalue weighted by Gasteiger charge is -2.18. The van der Waals surface area contributed by atoms with Crippen LogP contribution in [-0.2, 0) is 6.42 Å². The van der Waals surface area contributed by atoms with Gasteiger partial charge < -0.3 is 10.4 Å². The maximum Gasteiger partial charge on any atom is 0.0543 e. The summed E-state index contributed by atoms with van der Waals surface area (Å²) in [6, 6.07) is 9.40. The molecule has 2 heteroatoms. The van der Waals surface area contributed by atoms with E-state index in [1.54, 1.807) is 0 Å². The Morgan fingerprint density at radius 2 is 1.85 bits per heavy atom. The first kappa shape index (κ1) is 15.5. The van der Waals surface area contributed by atoms with Crippen molar-refractivity contribution in [1.82, 2.24) is 5.32 Å². The number of rotatable bonds is 6. The average Bonchev–Trinajstić information content (AvgIpc) is 2.82. The fourth-order valence-electron chi connectivity index (χ4n) is 3.11. The zero-order valence-corrected chi connectivity index (χ0v) is 13.1. The molecule has 112 valence electrons. The number of benzene rings is 1. The maximum absolute atomic E-state index is 9.56. The van der Waals surface area contributed by atoms with Crippen molar-refractivity contribution >= 4 is 0 Å². The third-order valence-electron chi connectivity index (χ3n) is 4.35. The summed E-state index contributed by atoms with van der Waals surface area (Å²) in [5, 5.41) is 13.2. The topological polar surface area (TPSA) is 32.3 Å². The van der Waals surface area contributed by atoms with Gasteiger partial charge in [0.25, 0.3) is 0 Å². The Labute approximate surface area is 123 Å². The van der Waals surface area contributed by atoms with Crippen molar-refractivity contribution in [3.8, 4) is 0 Å². The molecule has 0 spiro atoms. The molecule has 1 aromatic rings. The first-order chi connectivity index (χ1) is 9.54. The number of aliphatic hydroxyl groups excluding tert-OH is 1. The summed E-state index contributed by atoms with van der Waals surface area (Å²) in [6.45, 7) is 7.76. The summed E-state index contributed by atoms with van der Waals surface area (Å²) < 4.78 is 0. The van der Waals surface area contributed by atoms with Crippen molar-refractivity contribution in [3.05, 3.63) is 35.4 Å². The lowest BCUT2D eigenvalue weighted by atomic mass is 9.99. The highest BCUT2D eigenvalue weighted by atomic mass is 16.3. The average molecular weight is 275 g/mol. The van der Waals surface area contributed by atoms with Crippen LogP contribution in [0.4, 0.5) is 0 Å². The van der Waals surface area contributed by atoms with Crippen LogP contribution in [0.2, 0.25) is 0 Å². The molecule has 0 saturated heterocycles. The Balaban J connectivity index is 1.81. The van der Waals surface area contributed by atoms with E-state index in [4.69, 9.17) is 0 Å². The molecule has 20 heavy (non-hydrogen) atoms. The quantitative estimate of drug-likeness (QED) is 0.830. The van der Waals surface area contributed by atoms with Crippen molar-refractivity contribution in [3.63, 3.8) is 0 Å². The van der Waals surface area contributed by atoms with E-state index in [1.165, 1.54) is 11.1 Å². The zero-order chi connectivity index (χ0) is 14.5. The molecular formula is C18H29NO. The van der Waals surface area contributed by atoms with Gasteiger partial charge in [-0.25, -0.2) is 0 Å². The van der Waals surface area contributed by atoms with Crippen LogP contribution in [0, 0.1) is 11.8 Å². The van der Waals surface area contributed by atoms with Crippen LogP contribution in [0.1, 0.15) is 57.2 Å². The van der Waals surface area contributed by atoms with E-state index in [0.29, 0.717) is 17.9 Å². The minimum absolute atomic E-state index is 0.0626. The molecule has 0 aliphatic heterocycles. The molecule has 1 saturated carbocycles. The highest BCUT2D eigenvalue weighted by molar-refractivity contribution is 5.25. The molecule has 1 aliphatic rings. The summed E-state index contributed by atoms with van der Waals surface area (Å²) in [7, 11) is 0. The van der Waals surface area contributed by atoms with Crippen LogP contribution in [0.25, 0.3) is 0 Å². The molecule has 2 N–H and O–H groups in total. The van der Waals surface area contributed by atoms with Crippen LogP contribution in [-0.4, -0.2) is 17.8 Å². The van der Waals surface area contributed by atoms with Gasteiger partial charge >= 0.3 is 0 Å². The fourth-order valence-corrected chi connectivity index (χ4v) is 3.11. The largest absolute Gasteiger partial charge is 0.393 e. The molecule has 2 rings (SSSR count). The number of hydrogen-bond acceptors (Lipinski definition) is 2. The number of nitrogens with one attached hydrogen (secondary N) is 1. The van der Waals surface area contributed by atoms with Gasteiger partial charge in [-0.3, -0.25) is 0 Å². The molecule has 1 aromatic carbocycles. The predicted molar refractivity (Wildman–Crippen MR) is 84.7 cm³/mol. The van der Waals surface area contributed by atoms with Crippen LogP contribution >= 0.6 is 0 Å². The van der Waals surface area contributed by atoms with E-state index in [1.807, 2.05) is 0 Å². The van der Waals surface area contributed by atoms with Crippen molar-refractivity contribution in [1.29, 1.82) is 0 Å². The second-order valence-corrected chi connectivity index (χ2v) is 6.80. The van der Waals surface area contributed by atoms with Crippen LogP contribution in [0.3, 0.4) is 0 Å². The first-order valence-corrected chi connectivity index (χ1v) is 8.05. The zero-order valence-electron chi connectivity index (χ0n) is 13.1. The van der Waals surface area contributed by atoms with E-state index in [0.717, 1.165) is 32.2 Å². The Morgan fingerprint density at radius 3 is 2.40 bits per heavy atom. The standard InChI is InChI=1S/C18H29NO/c1-13(2)10-15-4-7-17(8-5-15)14(3)19-12-16-6-9-18(20)11-16/h4-5,7-8,13-14,16,18-20H,6,9-12H2,1-3H3. The van der Waals surface area contributed by atoms with E-state index in [2.05, 4.69) is 50.4 Å². The second kappa shape index (κ2) is 7.24. The lowest BCUT2D eigenvalue weighted by Crippen LogP contribution is -2.25. The van der Waals surface area contributed by atoms with E-state index >= 15 is 0 Å². The first-order valence-electron chi connectivity index (χ1n) is 8.05. The molecule has 0 radical (unpaired) electrons. The van der Waals surface area contributed by atoms with Gasteiger partial charge in [0, 0.05) is 6.04 Å². The minimum atomic E-state index is -0.0626. The molecular weight excluding hydrogens is 246 g/mol. The Kier molecular flexibility index (Phi) is 5.62. The molecule has 0 heterocycles. The number of hydrogen-bond donors (Lipinski definition) is 2. The van der Waals surface area contributed by atoms with Gasteiger partial charge in [0.15, 0.2) is 0 Å². The third kappa shape index (κ3) is 4.60. The van der Waals surface area contributed by atoms with E-state index < -0.39 is 0 Å². The lowest BCUT2D eigenvalue weighted by molar-refractivity contribution is 0.177. The molecule has 1 fully saturated rings. The molecule has 0 bridgehead atoms. The van der Waals surface area contributed by atoms with Gasteiger partial charge in [0.05, 0.1) is 6.10 Å². The third-order valence-corrected chi connectivity index (χ3v) is 4.35. The molecule has 2 nitrogen and oxygen atoms in total. The highest BCUT2D eigenvalue weighted by Gasteiger charge is 2.22. The molecule has 3 atom stereocenters. The normalized spacial score (nSPS) is 24.2. The van der Waals surface area contributed by atoms with Gasteiger partial charge in [0.1, 0.15) is 0 Å². The Morgan fingerprint density at radius 1 is 1.15 bits per heavy atom. The van der Waals surface area contributed by atoms with Gasteiger partial charge in [-0.2, -0.15) is 0 Å². The van der Waals surface area contributed by atoms with Crippen molar-refractivity contribution in [2.24, 2.45) is 11.8 Å². The van der Waals surface area contributed by atoms with Crippen molar-refractivity contribution in [2.45, 2.75) is 58.6 Å². The summed E-state index contributed by atoms with van der Waals surface area (Å²) in [5.41, 5.74) is 2.78. The molecule has 0 amide bonds. The molecule has 0 aromatic heterocycles. The summed E-state index contributed by atoms with van der Waals surface area (Å²) >= 11 is 0. The van der Waals surface area contributed by atoms with E-state index in [-0.39, 0.29) is 6.10 Å². The number of aliphatic hydroxyl groups is 1. The summed E-state index contributed by atoms with van der Waals surface area (Å²) in [5.74, 6) is 1.36. The van der Waals surface area contributed by atoms with Gasteiger partial charge in [-0.05, 0) is 62.1 Å². The fraction of sp³-hybridized carbons (Fsp3) is 0.667. The van der Waals surface area contributed by atoms with Crippen molar-refractivity contribution < 1.29 is 5.11 Å². The Hall–Kier alpha value is -0.860. The van der Waals surface area contributed by atoms with E-state index in [9.17, 15) is 5.11 Å². The van der Waals surface area contributed by atoms with Crippen LogP contribution in [0.15, 0.2) is 24.3 Å². The SMILES string of the molecule is CC(C)Cc1ccc(C(C)NCC2CCC(O)C2)cc1. The highest BCUT2D eigenvalue weighted by Crippen LogP contribution is 2.25. The molecule has 1 aliphatic carbocycles. The van der Waals surface area contributed by atoms with Crippen molar-refractivity contribution in [2.75, 3.05) is 6.54 Å². The van der Waals surface area contributed by atoms with Gasteiger partial charge in [0.2, 0.25) is 0 Å². The summed E-state index contributed by atoms with van der Waals surface area (Å²) in [4.78, 5) is 0. The van der Waals surface area contributed by atoms with Gasteiger partial charge in [-0.1, -0.05) is 38.1 Å². The second-order valence-electron chi connectivity index (χ2n) is 6.80. The monoisotopic (exact) mass is 275 g/mol. The van der Waals surface area contributed by atoms with Gasteiger partial charge in [-0.15, -0.1) is 0 Å². The summed E-state index contributed by atoms with van der Waals surface area (Å²) in [6.07, 6.45) is 4.20. The minimum Gasteiger partial charge on any atom is -0.393 e. The predicted octanol–water partition coefficient (Wildman–Crippen LogP) is 3.70. The van der Waals surface area contributed by atoms with Crippen LogP contribution in [0.5, 0.6) is 0 Å². The maximum atomic E-state index is 9.56. The Bertz CT molecular complexity index is 398. The smallest absolute Gasteiger partial charge is 0.0543 e. The van der Waals surface area contributed by atoms with Crippen LogP contribution < -0.4 is 5.32 Å².